The van der Waals surface area contributed by atoms with Gasteiger partial charge < -0.3 is 21.4 Å². The molecule has 2 aromatic carbocycles. The van der Waals surface area contributed by atoms with Gasteiger partial charge in [-0.3, -0.25) is 9.78 Å². The molecule has 8 heteroatoms. The van der Waals surface area contributed by atoms with Crippen LogP contribution in [0.3, 0.4) is 0 Å². The molecular formula is C26H22N6OS. The molecule has 0 saturated heterocycles. The number of anilines is 2. The standard InChI is InChI=1S/C26H22N6OS/c27-12-18-14-30-15-20(26(18)32-22-3-1-2-21-19(22)6-9-31-21)24-11-17-10-16(4-5-23(17)34-24)13-29-8-7-25(28)33/h1-6,9-11,14-15,29,31H,7-8,13H2,(H2,28,33)(H,30,32). The zero-order valence-corrected chi connectivity index (χ0v) is 19.1. The first-order chi connectivity index (χ1) is 16.6. The molecule has 3 aromatic heterocycles. The van der Waals surface area contributed by atoms with Crippen molar-refractivity contribution < 1.29 is 4.79 Å². The number of carbonyl (C=O) groups excluding carboxylic acids is 1. The summed E-state index contributed by atoms with van der Waals surface area (Å²) in [5, 5.41) is 18.7. The van der Waals surface area contributed by atoms with Crippen molar-refractivity contribution in [3.63, 3.8) is 0 Å². The summed E-state index contributed by atoms with van der Waals surface area (Å²) in [5.74, 6) is -0.309. The van der Waals surface area contributed by atoms with Crippen LogP contribution in [0, 0.1) is 11.3 Å². The van der Waals surface area contributed by atoms with Crippen molar-refractivity contribution in [2.24, 2.45) is 5.73 Å². The normalized spacial score (nSPS) is 11.0. The van der Waals surface area contributed by atoms with Crippen molar-refractivity contribution in [1.82, 2.24) is 15.3 Å². The number of H-pyrrole nitrogens is 1. The summed E-state index contributed by atoms with van der Waals surface area (Å²) in [6, 6.07) is 18.7. The van der Waals surface area contributed by atoms with Crippen LogP contribution in [0.25, 0.3) is 31.4 Å². The van der Waals surface area contributed by atoms with Gasteiger partial charge in [-0.25, -0.2) is 0 Å². The fourth-order valence-corrected chi connectivity index (χ4v) is 5.04. The first-order valence-electron chi connectivity index (χ1n) is 10.9. The molecule has 7 nitrogen and oxygen atoms in total. The number of aromatic nitrogens is 2. The Kier molecular flexibility index (Phi) is 5.95. The number of primary amides is 1. The number of fused-ring (bicyclic) bond motifs is 2. The number of nitrogens with one attached hydrogen (secondary N) is 3. The third kappa shape index (κ3) is 4.35. The molecule has 5 N–H and O–H groups in total. The number of thiophene rings is 1. The van der Waals surface area contributed by atoms with Crippen molar-refractivity contribution in [2.45, 2.75) is 13.0 Å². The molecule has 0 spiro atoms. The van der Waals surface area contributed by atoms with Crippen LogP contribution in [-0.4, -0.2) is 22.4 Å². The molecule has 0 aliphatic carbocycles. The molecule has 3 heterocycles. The van der Waals surface area contributed by atoms with Gasteiger partial charge in [0.15, 0.2) is 0 Å². The Morgan fingerprint density at radius 1 is 1.18 bits per heavy atom. The third-order valence-electron chi connectivity index (χ3n) is 5.64. The van der Waals surface area contributed by atoms with Crippen LogP contribution in [0.2, 0.25) is 0 Å². The number of pyridine rings is 1. The van der Waals surface area contributed by atoms with Crippen LogP contribution in [0.4, 0.5) is 11.4 Å². The smallest absolute Gasteiger partial charge is 0.218 e. The van der Waals surface area contributed by atoms with Crippen molar-refractivity contribution >= 4 is 49.6 Å². The lowest BCUT2D eigenvalue weighted by atomic mass is 10.1. The van der Waals surface area contributed by atoms with Gasteiger partial charge in [-0.15, -0.1) is 11.3 Å². The molecule has 0 fully saturated rings. The molecule has 0 aliphatic heterocycles. The van der Waals surface area contributed by atoms with Crippen LogP contribution in [0.15, 0.2) is 67.1 Å². The van der Waals surface area contributed by atoms with E-state index in [1.807, 2.05) is 30.5 Å². The Balaban J connectivity index is 1.48. The number of carbonyl (C=O) groups is 1. The molecule has 168 valence electrons. The number of hydrogen-bond acceptors (Lipinski definition) is 6. The topological polar surface area (TPSA) is 120 Å². The highest BCUT2D eigenvalue weighted by molar-refractivity contribution is 7.22. The van der Waals surface area contributed by atoms with Crippen molar-refractivity contribution in [2.75, 3.05) is 11.9 Å². The molecule has 1 amide bonds. The average molecular weight is 467 g/mol. The number of aromatic amines is 1. The number of amides is 1. The number of benzene rings is 2. The molecule has 0 unspecified atom stereocenters. The number of nitriles is 1. The molecular weight excluding hydrogens is 444 g/mol. The van der Waals surface area contributed by atoms with Crippen molar-refractivity contribution in [3.8, 4) is 16.5 Å². The van der Waals surface area contributed by atoms with Crippen LogP contribution in [0.5, 0.6) is 0 Å². The van der Waals surface area contributed by atoms with E-state index in [-0.39, 0.29) is 5.91 Å². The predicted octanol–water partition coefficient (Wildman–Crippen LogP) is 5.02. The summed E-state index contributed by atoms with van der Waals surface area (Å²) in [6.07, 6.45) is 5.61. The van der Waals surface area contributed by atoms with Gasteiger partial charge in [0.2, 0.25) is 5.91 Å². The van der Waals surface area contributed by atoms with Crippen molar-refractivity contribution in [1.29, 1.82) is 5.26 Å². The van der Waals surface area contributed by atoms with E-state index in [2.05, 4.69) is 50.9 Å². The highest BCUT2D eigenvalue weighted by atomic mass is 32.1. The molecule has 5 aromatic rings. The second kappa shape index (κ2) is 9.35. The molecule has 0 atom stereocenters. The van der Waals surface area contributed by atoms with E-state index in [1.54, 1.807) is 23.7 Å². The van der Waals surface area contributed by atoms with E-state index in [1.165, 1.54) is 0 Å². The maximum absolute atomic E-state index is 10.9. The summed E-state index contributed by atoms with van der Waals surface area (Å²) in [7, 11) is 0. The number of nitrogens with zero attached hydrogens (tertiary/aromatic N) is 2. The first-order valence-corrected chi connectivity index (χ1v) is 11.7. The zero-order valence-electron chi connectivity index (χ0n) is 18.3. The van der Waals surface area contributed by atoms with Gasteiger partial charge in [-0.2, -0.15) is 5.26 Å². The lowest BCUT2D eigenvalue weighted by molar-refractivity contribution is -0.117. The fraction of sp³-hybridized carbons (Fsp3) is 0.115. The van der Waals surface area contributed by atoms with Crippen LogP contribution in [-0.2, 0) is 11.3 Å². The first kappa shape index (κ1) is 21.6. The monoisotopic (exact) mass is 466 g/mol. The van der Waals surface area contributed by atoms with E-state index in [0.717, 1.165) is 48.4 Å². The van der Waals surface area contributed by atoms with Gasteiger partial charge in [-0.05, 0) is 47.3 Å². The number of rotatable bonds is 8. The molecule has 0 radical (unpaired) electrons. The van der Waals surface area contributed by atoms with Gasteiger partial charge in [0.05, 0.1) is 11.3 Å². The summed E-state index contributed by atoms with van der Waals surface area (Å²) in [4.78, 5) is 19.5. The Morgan fingerprint density at radius 3 is 2.94 bits per heavy atom. The minimum Gasteiger partial charge on any atom is -0.370 e. The Hall–Kier alpha value is -4.19. The van der Waals surface area contributed by atoms with Gasteiger partial charge in [0.25, 0.3) is 0 Å². The predicted molar refractivity (Wildman–Crippen MR) is 137 cm³/mol. The second-order valence-electron chi connectivity index (χ2n) is 7.97. The summed E-state index contributed by atoms with van der Waals surface area (Å²) in [6.45, 7) is 1.21. The van der Waals surface area contributed by atoms with E-state index in [4.69, 9.17) is 5.73 Å². The zero-order chi connectivity index (χ0) is 23.5. The van der Waals surface area contributed by atoms with Crippen LogP contribution >= 0.6 is 11.3 Å². The number of hydrogen-bond donors (Lipinski definition) is 4. The fourth-order valence-electron chi connectivity index (χ4n) is 3.98. The van der Waals surface area contributed by atoms with E-state index in [9.17, 15) is 10.1 Å². The number of nitrogens with two attached hydrogens (primary N) is 1. The largest absolute Gasteiger partial charge is 0.370 e. The van der Waals surface area contributed by atoms with Crippen LogP contribution in [0.1, 0.15) is 17.5 Å². The Morgan fingerprint density at radius 2 is 2.09 bits per heavy atom. The highest BCUT2D eigenvalue weighted by Gasteiger charge is 2.15. The maximum atomic E-state index is 10.9. The molecule has 0 aliphatic rings. The van der Waals surface area contributed by atoms with Crippen molar-refractivity contribution in [3.05, 3.63) is 78.2 Å². The van der Waals surface area contributed by atoms with E-state index >= 15 is 0 Å². The SMILES string of the molecule is N#Cc1cncc(-c2cc3cc(CNCCC(N)=O)ccc3s2)c1Nc1cccc2[nH]ccc12. The van der Waals surface area contributed by atoms with Gasteiger partial charge >= 0.3 is 0 Å². The third-order valence-corrected chi connectivity index (χ3v) is 6.79. The lowest BCUT2D eigenvalue weighted by Gasteiger charge is -2.13. The van der Waals surface area contributed by atoms with E-state index in [0.29, 0.717) is 25.1 Å². The highest BCUT2D eigenvalue weighted by Crippen LogP contribution is 2.40. The molecule has 0 bridgehead atoms. The van der Waals surface area contributed by atoms with Gasteiger partial charge in [0, 0.05) is 69.8 Å². The summed E-state index contributed by atoms with van der Waals surface area (Å²) >= 11 is 1.66. The second-order valence-corrected chi connectivity index (χ2v) is 9.05. The molecule has 5 rings (SSSR count). The molecule has 34 heavy (non-hydrogen) atoms. The Labute approximate surface area is 200 Å². The van der Waals surface area contributed by atoms with Crippen LogP contribution < -0.4 is 16.4 Å². The van der Waals surface area contributed by atoms with Gasteiger partial charge in [-0.1, -0.05) is 12.1 Å². The minimum absolute atomic E-state index is 0.309. The minimum atomic E-state index is -0.309. The lowest BCUT2D eigenvalue weighted by Crippen LogP contribution is -2.21. The quantitative estimate of drug-likeness (QED) is 0.239. The summed E-state index contributed by atoms with van der Waals surface area (Å²) < 4.78 is 1.15. The molecule has 0 saturated carbocycles. The maximum Gasteiger partial charge on any atom is 0.218 e. The Bertz CT molecular complexity index is 1540. The average Bonchev–Trinajstić information content (AvgIpc) is 3.49. The van der Waals surface area contributed by atoms with E-state index < -0.39 is 0 Å². The summed E-state index contributed by atoms with van der Waals surface area (Å²) in [5.41, 5.74) is 10.4. The van der Waals surface area contributed by atoms with Gasteiger partial charge in [0.1, 0.15) is 6.07 Å².